The Kier molecular flexibility index (Phi) is 30.7. The Bertz CT molecular complexity index is 894. The minimum atomic E-state index is -1.56. The van der Waals surface area contributed by atoms with E-state index < -0.39 is 49.5 Å². The van der Waals surface area contributed by atoms with Crippen molar-refractivity contribution >= 4 is 5.91 Å². The van der Waals surface area contributed by atoms with Crippen LogP contribution in [-0.2, 0) is 14.3 Å². The van der Waals surface area contributed by atoms with Crippen molar-refractivity contribution in [3.63, 3.8) is 0 Å². The molecule has 0 radical (unpaired) electrons. The van der Waals surface area contributed by atoms with Crippen molar-refractivity contribution in [3.8, 4) is 0 Å². The molecule has 1 aliphatic heterocycles. The van der Waals surface area contributed by atoms with Crippen molar-refractivity contribution in [1.82, 2.24) is 5.32 Å². The van der Waals surface area contributed by atoms with E-state index in [9.17, 15) is 30.3 Å². The molecule has 1 amide bonds. The Balaban J connectivity index is 2.41. The van der Waals surface area contributed by atoms with E-state index in [1.807, 2.05) is 0 Å². The number of allylic oxidation sites excluding steroid dienone is 6. The maximum atomic E-state index is 12.9. The minimum absolute atomic E-state index is 0.150. The Morgan fingerprint density at radius 3 is 1.78 bits per heavy atom. The van der Waals surface area contributed by atoms with Crippen molar-refractivity contribution in [1.29, 1.82) is 0 Å². The van der Waals surface area contributed by atoms with Crippen LogP contribution < -0.4 is 5.32 Å². The molecule has 1 saturated heterocycles. The fourth-order valence-corrected chi connectivity index (χ4v) is 6.41. The lowest BCUT2D eigenvalue weighted by molar-refractivity contribution is -0.302. The van der Waals surface area contributed by atoms with Gasteiger partial charge in [0.25, 0.3) is 0 Å². The second kappa shape index (κ2) is 33.0. The predicted octanol–water partition coefficient (Wildman–Crippen LogP) is 7.72. The molecule has 7 unspecified atom stereocenters. The van der Waals surface area contributed by atoms with Gasteiger partial charge in [-0.15, -0.1) is 0 Å². The summed E-state index contributed by atoms with van der Waals surface area (Å²) in [6.45, 7) is 3.68. The number of nitrogens with one attached hydrogen (secondary N) is 1. The highest BCUT2D eigenvalue weighted by Crippen LogP contribution is 2.23. The smallest absolute Gasteiger partial charge is 0.220 e. The lowest BCUT2D eigenvalue weighted by atomic mass is 9.99. The van der Waals surface area contributed by atoms with Crippen LogP contribution in [0.1, 0.15) is 168 Å². The summed E-state index contributed by atoms with van der Waals surface area (Å²) >= 11 is 0. The van der Waals surface area contributed by atoms with Gasteiger partial charge in [0.15, 0.2) is 6.29 Å². The van der Waals surface area contributed by atoms with Gasteiger partial charge < -0.3 is 40.3 Å². The zero-order chi connectivity index (χ0) is 37.4. The van der Waals surface area contributed by atoms with Crippen LogP contribution in [0.15, 0.2) is 36.5 Å². The Morgan fingerprint density at radius 1 is 0.686 bits per heavy atom. The standard InChI is InChI=1S/C42H77NO8/c1-3-5-7-9-11-13-15-17-18-20-21-23-25-27-29-31-36(45)35(34-50-42-41(49)40(48)39(47)37(33-44)51-42)43-38(46)32-30-28-26-24-22-19-16-14-12-10-8-6-4-2/h6,8,12,14,19,22,35-37,39-42,44-45,47-49H,3-5,7,9-11,13,15-18,20-21,23-34H2,1-2H3,(H,43,46)/b8-6-,14-12-,22-19-. The predicted molar refractivity (Wildman–Crippen MR) is 207 cm³/mol. The average molecular weight is 724 g/mol. The monoisotopic (exact) mass is 724 g/mol. The molecule has 51 heavy (non-hydrogen) atoms. The minimum Gasteiger partial charge on any atom is -0.394 e. The first-order valence-electron chi connectivity index (χ1n) is 20.7. The van der Waals surface area contributed by atoms with E-state index >= 15 is 0 Å². The van der Waals surface area contributed by atoms with Crippen LogP contribution in [0.3, 0.4) is 0 Å². The second-order valence-electron chi connectivity index (χ2n) is 14.4. The van der Waals surface area contributed by atoms with Crippen LogP contribution in [0.5, 0.6) is 0 Å². The number of ether oxygens (including phenoxy) is 2. The van der Waals surface area contributed by atoms with Gasteiger partial charge in [-0.3, -0.25) is 4.79 Å². The molecular weight excluding hydrogens is 646 g/mol. The lowest BCUT2D eigenvalue weighted by Gasteiger charge is -2.40. The number of carbonyl (C=O) groups is 1. The summed E-state index contributed by atoms with van der Waals surface area (Å²) in [6.07, 6.45) is 31.5. The number of unbranched alkanes of at least 4 members (excludes halogenated alkanes) is 17. The number of aliphatic hydroxyl groups excluding tert-OH is 5. The number of hydrogen-bond donors (Lipinski definition) is 6. The van der Waals surface area contributed by atoms with Gasteiger partial charge in [-0.1, -0.05) is 153 Å². The van der Waals surface area contributed by atoms with Gasteiger partial charge in [-0.2, -0.15) is 0 Å². The molecule has 0 aromatic rings. The summed E-state index contributed by atoms with van der Waals surface area (Å²) in [4.78, 5) is 12.9. The molecule has 0 aromatic carbocycles. The molecule has 6 N–H and O–H groups in total. The largest absolute Gasteiger partial charge is 0.394 e. The van der Waals surface area contributed by atoms with Gasteiger partial charge >= 0.3 is 0 Å². The SMILES string of the molecule is CC/C=C\C/C=C\C/C=C\CCCCCC(=O)NC(COC1OC(CO)C(O)C(O)C1O)C(O)CCCCCCCCCCCCCCCCC. The molecule has 7 atom stereocenters. The van der Waals surface area contributed by atoms with Crippen LogP contribution in [0.4, 0.5) is 0 Å². The zero-order valence-electron chi connectivity index (χ0n) is 32.4. The van der Waals surface area contributed by atoms with Gasteiger partial charge in [-0.05, 0) is 44.9 Å². The Labute approximate surface area is 311 Å². The molecule has 0 aliphatic carbocycles. The third-order valence-corrected chi connectivity index (χ3v) is 9.76. The number of hydrogen-bond acceptors (Lipinski definition) is 8. The quantitative estimate of drug-likeness (QED) is 0.0298. The summed E-state index contributed by atoms with van der Waals surface area (Å²) < 4.78 is 11.2. The maximum Gasteiger partial charge on any atom is 0.220 e. The van der Waals surface area contributed by atoms with E-state index in [4.69, 9.17) is 9.47 Å². The van der Waals surface area contributed by atoms with Crippen LogP contribution >= 0.6 is 0 Å². The highest BCUT2D eigenvalue weighted by Gasteiger charge is 2.44. The first-order valence-corrected chi connectivity index (χ1v) is 20.7. The molecule has 0 aromatic heterocycles. The van der Waals surface area contributed by atoms with Crippen LogP contribution in [0.2, 0.25) is 0 Å². The van der Waals surface area contributed by atoms with Crippen LogP contribution in [0, 0.1) is 0 Å². The number of amides is 1. The molecule has 1 rings (SSSR count). The van der Waals surface area contributed by atoms with Gasteiger partial charge in [0.05, 0.1) is 25.4 Å². The van der Waals surface area contributed by atoms with Crippen molar-refractivity contribution in [3.05, 3.63) is 36.5 Å². The maximum absolute atomic E-state index is 12.9. The average Bonchev–Trinajstić information content (AvgIpc) is 3.13. The highest BCUT2D eigenvalue weighted by atomic mass is 16.7. The molecule has 1 aliphatic rings. The van der Waals surface area contributed by atoms with Gasteiger partial charge in [0, 0.05) is 6.42 Å². The number of aliphatic hydroxyl groups is 5. The van der Waals surface area contributed by atoms with Crippen molar-refractivity contribution in [2.75, 3.05) is 13.2 Å². The molecule has 9 heteroatoms. The van der Waals surface area contributed by atoms with Gasteiger partial charge in [-0.25, -0.2) is 0 Å². The fourth-order valence-electron chi connectivity index (χ4n) is 6.41. The first-order chi connectivity index (χ1) is 24.8. The highest BCUT2D eigenvalue weighted by molar-refractivity contribution is 5.76. The van der Waals surface area contributed by atoms with Gasteiger partial charge in [0.1, 0.15) is 24.4 Å². The van der Waals surface area contributed by atoms with Crippen LogP contribution in [-0.4, -0.2) is 87.5 Å². The Hall–Kier alpha value is -1.59. The van der Waals surface area contributed by atoms with E-state index in [-0.39, 0.29) is 12.5 Å². The molecule has 0 saturated carbocycles. The first kappa shape index (κ1) is 47.4. The van der Waals surface area contributed by atoms with Crippen molar-refractivity contribution in [2.24, 2.45) is 0 Å². The molecule has 298 valence electrons. The van der Waals surface area contributed by atoms with Crippen molar-refractivity contribution in [2.45, 2.75) is 211 Å². The second-order valence-corrected chi connectivity index (χ2v) is 14.4. The van der Waals surface area contributed by atoms with E-state index in [0.29, 0.717) is 12.8 Å². The van der Waals surface area contributed by atoms with Gasteiger partial charge in [0.2, 0.25) is 5.91 Å². The third-order valence-electron chi connectivity index (χ3n) is 9.76. The number of rotatable bonds is 33. The molecule has 1 heterocycles. The van der Waals surface area contributed by atoms with Crippen molar-refractivity contribution < 1.29 is 39.8 Å². The summed E-state index contributed by atoms with van der Waals surface area (Å²) in [5, 5.41) is 54.1. The van der Waals surface area contributed by atoms with E-state index in [1.54, 1.807) is 0 Å². The molecule has 9 nitrogen and oxygen atoms in total. The molecule has 0 bridgehead atoms. The molecule has 1 fully saturated rings. The summed E-state index contributed by atoms with van der Waals surface area (Å²) in [5.74, 6) is -0.175. The van der Waals surface area contributed by atoms with E-state index in [2.05, 4.69) is 55.6 Å². The lowest BCUT2D eigenvalue weighted by Crippen LogP contribution is -2.60. The number of carbonyl (C=O) groups excluding carboxylic acids is 1. The van der Waals surface area contributed by atoms with Crippen LogP contribution in [0.25, 0.3) is 0 Å². The Morgan fingerprint density at radius 2 is 1.22 bits per heavy atom. The molecule has 0 spiro atoms. The normalized spacial score (nSPS) is 22.4. The summed E-state index contributed by atoms with van der Waals surface area (Å²) in [6, 6.07) is -0.732. The molecular formula is C42H77NO8. The van der Waals surface area contributed by atoms with E-state index in [1.165, 1.54) is 77.0 Å². The fraction of sp³-hybridized carbons (Fsp3) is 0.833. The topological polar surface area (TPSA) is 149 Å². The van der Waals surface area contributed by atoms with E-state index in [0.717, 1.165) is 64.2 Å². The third kappa shape index (κ3) is 24.4. The summed E-state index contributed by atoms with van der Waals surface area (Å²) in [7, 11) is 0. The summed E-state index contributed by atoms with van der Waals surface area (Å²) in [5.41, 5.74) is 0. The zero-order valence-corrected chi connectivity index (χ0v) is 32.4.